The lowest BCUT2D eigenvalue weighted by Gasteiger charge is -2.07. The van der Waals surface area contributed by atoms with Crippen molar-refractivity contribution in [2.75, 3.05) is 6.79 Å². The Morgan fingerprint density at radius 1 is 1.29 bits per heavy atom. The number of carbonyl (C=O) groups is 1. The Morgan fingerprint density at radius 2 is 2.10 bits per heavy atom. The van der Waals surface area contributed by atoms with Crippen LogP contribution in [0.2, 0.25) is 0 Å². The summed E-state index contributed by atoms with van der Waals surface area (Å²) in [5.74, 6) is 1.46. The van der Waals surface area contributed by atoms with Crippen LogP contribution in [0.1, 0.15) is 16.1 Å². The van der Waals surface area contributed by atoms with Gasteiger partial charge < -0.3 is 20.1 Å². The van der Waals surface area contributed by atoms with E-state index in [0.29, 0.717) is 13.1 Å². The number of ether oxygens (including phenoxy) is 2. The van der Waals surface area contributed by atoms with E-state index in [1.54, 1.807) is 5.51 Å². The first-order chi connectivity index (χ1) is 10.2. The van der Waals surface area contributed by atoms with Crippen molar-refractivity contribution in [3.05, 3.63) is 39.8 Å². The predicted octanol–water partition coefficient (Wildman–Crippen LogP) is 2.18. The van der Waals surface area contributed by atoms with Gasteiger partial charge in [0.15, 0.2) is 11.5 Å². The van der Waals surface area contributed by atoms with E-state index in [9.17, 15) is 4.79 Å². The van der Waals surface area contributed by atoms with Gasteiger partial charge in [-0.05, 0) is 24.6 Å². The summed E-state index contributed by atoms with van der Waals surface area (Å²) in [5, 5.41) is 5.62. The first-order valence-electron chi connectivity index (χ1n) is 6.51. The summed E-state index contributed by atoms with van der Waals surface area (Å²) in [5.41, 5.74) is 3.69. The number of rotatable bonds is 4. The number of aromatic nitrogens is 1. The number of benzene rings is 1. The molecule has 1 aromatic heterocycles. The van der Waals surface area contributed by atoms with Crippen LogP contribution < -0.4 is 20.1 Å². The molecule has 0 atom stereocenters. The quantitative estimate of drug-likeness (QED) is 0.908. The van der Waals surface area contributed by atoms with Crippen LogP contribution in [0, 0.1) is 6.92 Å². The highest BCUT2D eigenvalue weighted by molar-refractivity contribution is 7.09. The van der Waals surface area contributed by atoms with E-state index in [2.05, 4.69) is 15.6 Å². The minimum atomic E-state index is -0.208. The zero-order valence-corrected chi connectivity index (χ0v) is 12.3. The Bertz CT molecular complexity index is 657. The lowest BCUT2D eigenvalue weighted by molar-refractivity contribution is 0.174. The van der Waals surface area contributed by atoms with Gasteiger partial charge >= 0.3 is 6.03 Å². The van der Waals surface area contributed by atoms with Gasteiger partial charge in [0.05, 0.1) is 17.7 Å². The van der Waals surface area contributed by atoms with Crippen molar-refractivity contribution in [1.82, 2.24) is 15.6 Å². The van der Waals surface area contributed by atoms with Crippen molar-refractivity contribution in [3.63, 3.8) is 0 Å². The number of hydrogen-bond acceptors (Lipinski definition) is 5. The molecule has 0 radical (unpaired) electrons. The van der Waals surface area contributed by atoms with Crippen LogP contribution in [0.25, 0.3) is 0 Å². The molecule has 2 heterocycles. The van der Waals surface area contributed by atoms with Crippen molar-refractivity contribution in [2.24, 2.45) is 0 Å². The van der Waals surface area contributed by atoms with Gasteiger partial charge in [-0.25, -0.2) is 9.78 Å². The monoisotopic (exact) mass is 305 g/mol. The van der Waals surface area contributed by atoms with E-state index in [1.165, 1.54) is 11.3 Å². The zero-order valence-electron chi connectivity index (χ0n) is 11.5. The molecule has 0 aliphatic carbocycles. The Hall–Kier alpha value is -2.28. The van der Waals surface area contributed by atoms with Crippen molar-refractivity contribution >= 4 is 17.4 Å². The van der Waals surface area contributed by atoms with E-state index in [1.807, 2.05) is 25.1 Å². The second kappa shape index (κ2) is 6.01. The van der Waals surface area contributed by atoms with E-state index in [-0.39, 0.29) is 12.8 Å². The molecular weight excluding hydrogens is 290 g/mol. The van der Waals surface area contributed by atoms with E-state index in [0.717, 1.165) is 27.6 Å². The third-order valence-electron chi connectivity index (χ3n) is 3.14. The lowest BCUT2D eigenvalue weighted by Crippen LogP contribution is -2.34. The van der Waals surface area contributed by atoms with Crippen LogP contribution in [-0.2, 0) is 13.1 Å². The van der Waals surface area contributed by atoms with Gasteiger partial charge in [0.1, 0.15) is 0 Å². The van der Waals surface area contributed by atoms with E-state index < -0.39 is 0 Å². The minimum Gasteiger partial charge on any atom is -0.454 e. The molecule has 2 N–H and O–H groups in total. The number of fused-ring (bicyclic) bond motifs is 1. The van der Waals surface area contributed by atoms with Gasteiger partial charge in [-0.3, -0.25) is 0 Å². The topological polar surface area (TPSA) is 72.5 Å². The van der Waals surface area contributed by atoms with Gasteiger partial charge in [0.2, 0.25) is 6.79 Å². The second-order valence-electron chi connectivity index (χ2n) is 4.58. The van der Waals surface area contributed by atoms with Crippen molar-refractivity contribution in [3.8, 4) is 11.5 Å². The number of nitrogens with one attached hydrogen (secondary N) is 2. The highest BCUT2D eigenvalue weighted by atomic mass is 32.1. The molecule has 110 valence electrons. The third kappa shape index (κ3) is 3.25. The molecule has 6 nitrogen and oxygen atoms in total. The highest BCUT2D eigenvalue weighted by Gasteiger charge is 2.13. The van der Waals surface area contributed by atoms with Crippen LogP contribution in [0.15, 0.2) is 23.7 Å². The minimum absolute atomic E-state index is 0.208. The largest absolute Gasteiger partial charge is 0.454 e. The van der Waals surface area contributed by atoms with Crippen LogP contribution >= 0.6 is 11.3 Å². The number of aryl methyl sites for hydroxylation is 1. The molecule has 1 aliphatic rings. The van der Waals surface area contributed by atoms with Gasteiger partial charge in [0, 0.05) is 11.4 Å². The van der Waals surface area contributed by atoms with Gasteiger partial charge in [-0.2, -0.15) is 0 Å². The summed E-state index contributed by atoms with van der Waals surface area (Å²) in [4.78, 5) is 17.0. The molecule has 7 heteroatoms. The molecule has 21 heavy (non-hydrogen) atoms. The Kier molecular flexibility index (Phi) is 3.92. The maximum Gasteiger partial charge on any atom is 0.315 e. The summed E-state index contributed by atoms with van der Waals surface area (Å²) in [6.07, 6.45) is 0. The Balaban J connectivity index is 1.48. The normalized spacial score (nSPS) is 12.2. The lowest BCUT2D eigenvalue weighted by atomic mass is 10.2. The molecule has 0 bridgehead atoms. The van der Waals surface area contributed by atoms with Crippen molar-refractivity contribution in [1.29, 1.82) is 0 Å². The average Bonchev–Trinajstić information content (AvgIpc) is 3.11. The van der Waals surface area contributed by atoms with Crippen LogP contribution in [-0.4, -0.2) is 17.8 Å². The number of nitrogens with zero attached hydrogens (tertiary/aromatic N) is 1. The fourth-order valence-corrected chi connectivity index (χ4v) is 2.67. The molecule has 0 saturated heterocycles. The molecule has 3 rings (SSSR count). The van der Waals surface area contributed by atoms with Crippen molar-refractivity contribution < 1.29 is 14.3 Å². The first kappa shape index (κ1) is 13.7. The summed E-state index contributed by atoms with van der Waals surface area (Å²) < 4.78 is 10.5. The molecule has 0 fully saturated rings. The van der Waals surface area contributed by atoms with Crippen molar-refractivity contribution in [2.45, 2.75) is 20.0 Å². The number of carbonyl (C=O) groups excluding carboxylic acids is 1. The van der Waals surface area contributed by atoms with Crippen LogP contribution in [0.5, 0.6) is 11.5 Å². The maximum atomic E-state index is 11.8. The van der Waals surface area contributed by atoms with E-state index in [4.69, 9.17) is 9.47 Å². The number of hydrogen-bond donors (Lipinski definition) is 2. The van der Waals surface area contributed by atoms with Gasteiger partial charge in [0.25, 0.3) is 0 Å². The number of amides is 2. The summed E-state index contributed by atoms with van der Waals surface area (Å²) >= 11 is 1.54. The average molecular weight is 305 g/mol. The molecule has 0 saturated carbocycles. The number of thiazole rings is 1. The standard InChI is InChI=1S/C14H15N3O3S/c1-9-13(21-7-17-9)6-16-14(18)15-5-10-2-3-11-12(4-10)20-8-19-11/h2-4,7H,5-6,8H2,1H3,(H2,15,16,18). The molecule has 2 amide bonds. The summed E-state index contributed by atoms with van der Waals surface area (Å²) in [7, 11) is 0. The Labute approximate surface area is 126 Å². The fraction of sp³-hybridized carbons (Fsp3) is 0.286. The first-order valence-corrected chi connectivity index (χ1v) is 7.39. The third-order valence-corrected chi connectivity index (χ3v) is 4.08. The molecular formula is C14H15N3O3S. The molecule has 1 aromatic carbocycles. The molecule has 0 spiro atoms. The Morgan fingerprint density at radius 3 is 2.90 bits per heavy atom. The molecule has 1 aliphatic heterocycles. The second-order valence-corrected chi connectivity index (χ2v) is 5.52. The van der Waals surface area contributed by atoms with Crippen LogP contribution in [0.3, 0.4) is 0 Å². The van der Waals surface area contributed by atoms with Crippen LogP contribution in [0.4, 0.5) is 4.79 Å². The summed E-state index contributed by atoms with van der Waals surface area (Å²) in [6.45, 7) is 3.10. The van der Waals surface area contributed by atoms with Gasteiger partial charge in [-0.1, -0.05) is 6.07 Å². The highest BCUT2D eigenvalue weighted by Crippen LogP contribution is 2.32. The maximum absolute atomic E-state index is 11.8. The predicted molar refractivity (Wildman–Crippen MR) is 78.5 cm³/mol. The SMILES string of the molecule is Cc1ncsc1CNC(=O)NCc1ccc2c(c1)OCO2. The van der Waals surface area contributed by atoms with Gasteiger partial charge in [-0.15, -0.1) is 11.3 Å². The fourth-order valence-electron chi connectivity index (χ4n) is 1.95. The number of urea groups is 1. The zero-order chi connectivity index (χ0) is 14.7. The molecule has 0 unspecified atom stereocenters. The molecule has 2 aromatic rings. The smallest absolute Gasteiger partial charge is 0.315 e. The summed E-state index contributed by atoms with van der Waals surface area (Å²) in [6, 6.07) is 5.41. The van der Waals surface area contributed by atoms with E-state index >= 15 is 0 Å².